The number of ether oxygens (including phenoxy) is 1. The van der Waals surface area contributed by atoms with Gasteiger partial charge in [-0.05, 0) is 33.7 Å². The van der Waals surface area contributed by atoms with E-state index < -0.39 is 5.60 Å². The molecule has 0 amide bonds. The predicted molar refractivity (Wildman–Crippen MR) is 65.8 cm³/mol. The van der Waals surface area contributed by atoms with Crippen molar-refractivity contribution in [1.29, 1.82) is 0 Å². The van der Waals surface area contributed by atoms with Crippen molar-refractivity contribution in [2.45, 2.75) is 52.2 Å². The van der Waals surface area contributed by atoms with E-state index in [0.717, 1.165) is 19.4 Å². The molecule has 0 saturated carbocycles. The van der Waals surface area contributed by atoms with E-state index in [-0.39, 0.29) is 0 Å². The normalized spacial score (nSPS) is 13.9. The molecule has 0 bridgehead atoms. The number of nitrogens with one attached hydrogen (secondary N) is 1. The summed E-state index contributed by atoms with van der Waals surface area (Å²) in [4.78, 5) is 4.35. The van der Waals surface area contributed by atoms with Crippen molar-refractivity contribution < 1.29 is 9.26 Å². The van der Waals surface area contributed by atoms with Crippen LogP contribution in [0.1, 0.15) is 45.8 Å². The van der Waals surface area contributed by atoms with E-state index in [9.17, 15) is 0 Å². The lowest BCUT2D eigenvalue weighted by Gasteiger charge is -2.17. The summed E-state index contributed by atoms with van der Waals surface area (Å²) in [5.41, 5.74) is -0.491. The van der Waals surface area contributed by atoms with Crippen LogP contribution in [0.2, 0.25) is 0 Å². The summed E-state index contributed by atoms with van der Waals surface area (Å²) in [6.45, 7) is 9.07. The molecule has 1 rings (SSSR count). The van der Waals surface area contributed by atoms with E-state index in [1.165, 1.54) is 0 Å². The fraction of sp³-hybridized carbons (Fsp3) is 0.833. The van der Waals surface area contributed by atoms with Gasteiger partial charge in [0.25, 0.3) is 0 Å². The zero-order valence-corrected chi connectivity index (χ0v) is 11.4. The molecular formula is C12H23N3O2. The maximum absolute atomic E-state index is 5.30. The van der Waals surface area contributed by atoms with Crippen LogP contribution < -0.4 is 5.32 Å². The minimum Gasteiger partial charge on any atom is -0.371 e. The standard InChI is InChI=1S/C12H23N3O2/c1-6-13-9(2)7-8-10-14-11(15-17-10)12(3,4)16-5/h9,13H,6-8H2,1-5H3. The van der Waals surface area contributed by atoms with Gasteiger partial charge in [-0.15, -0.1) is 0 Å². The third-order valence-corrected chi connectivity index (χ3v) is 2.86. The molecule has 5 heteroatoms. The first-order chi connectivity index (χ1) is 7.99. The zero-order chi connectivity index (χ0) is 12.9. The Labute approximate surface area is 103 Å². The molecule has 1 N–H and O–H groups in total. The van der Waals surface area contributed by atoms with Crippen molar-refractivity contribution in [3.8, 4) is 0 Å². The maximum Gasteiger partial charge on any atom is 0.226 e. The Morgan fingerprint density at radius 2 is 2.18 bits per heavy atom. The predicted octanol–water partition coefficient (Wildman–Crippen LogP) is 1.88. The fourth-order valence-electron chi connectivity index (χ4n) is 1.48. The molecule has 5 nitrogen and oxygen atoms in total. The summed E-state index contributed by atoms with van der Waals surface area (Å²) < 4.78 is 10.5. The summed E-state index contributed by atoms with van der Waals surface area (Å²) in [5.74, 6) is 1.28. The highest BCUT2D eigenvalue weighted by Crippen LogP contribution is 2.20. The summed E-state index contributed by atoms with van der Waals surface area (Å²) >= 11 is 0. The van der Waals surface area contributed by atoms with Crippen LogP contribution in [0, 0.1) is 0 Å². The summed E-state index contributed by atoms with van der Waals surface area (Å²) in [6, 6.07) is 0.464. The van der Waals surface area contributed by atoms with Gasteiger partial charge < -0.3 is 14.6 Å². The molecule has 0 saturated heterocycles. The fourth-order valence-corrected chi connectivity index (χ4v) is 1.48. The molecule has 0 aliphatic carbocycles. The van der Waals surface area contributed by atoms with Crippen LogP contribution >= 0.6 is 0 Å². The number of aryl methyl sites for hydroxylation is 1. The van der Waals surface area contributed by atoms with Crippen molar-refractivity contribution in [3.05, 3.63) is 11.7 Å². The molecule has 17 heavy (non-hydrogen) atoms. The lowest BCUT2D eigenvalue weighted by Crippen LogP contribution is -2.26. The van der Waals surface area contributed by atoms with Gasteiger partial charge in [0, 0.05) is 19.6 Å². The molecule has 0 aromatic carbocycles. The number of hydrogen-bond donors (Lipinski definition) is 1. The first-order valence-electron chi connectivity index (χ1n) is 6.11. The average molecular weight is 241 g/mol. The Morgan fingerprint density at radius 3 is 2.76 bits per heavy atom. The third-order valence-electron chi connectivity index (χ3n) is 2.86. The van der Waals surface area contributed by atoms with Crippen molar-refractivity contribution >= 4 is 0 Å². The van der Waals surface area contributed by atoms with Crippen LogP contribution in [0.25, 0.3) is 0 Å². The maximum atomic E-state index is 5.30. The van der Waals surface area contributed by atoms with E-state index in [4.69, 9.17) is 9.26 Å². The van der Waals surface area contributed by atoms with E-state index in [2.05, 4.69) is 29.3 Å². The topological polar surface area (TPSA) is 60.2 Å². The second kappa shape index (κ2) is 6.12. The van der Waals surface area contributed by atoms with Gasteiger partial charge in [-0.3, -0.25) is 0 Å². The molecule has 98 valence electrons. The van der Waals surface area contributed by atoms with Gasteiger partial charge in [0.05, 0.1) is 0 Å². The van der Waals surface area contributed by atoms with Crippen molar-refractivity contribution in [3.63, 3.8) is 0 Å². The van der Waals surface area contributed by atoms with Gasteiger partial charge >= 0.3 is 0 Å². The summed E-state index contributed by atoms with van der Waals surface area (Å²) in [5, 5.41) is 7.30. The summed E-state index contributed by atoms with van der Waals surface area (Å²) in [7, 11) is 1.64. The van der Waals surface area contributed by atoms with E-state index >= 15 is 0 Å². The minimum atomic E-state index is -0.491. The Morgan fingerprint density at radius 1 is 1.47 bits per heavy atom. The molecular weight excluding hydrogens is 218 g/mol. The Kier molecular flexibility index (Phi) is 5.08. The van der Waals surface area contributed by atoms with Gasteiger partial charge in [0.2, 0.25) is 11.7 Å². The van der Waals surface area contributed by atoms with Crippen LogP contribution in [0.5, 0.6) is 0 Å². The van der Waals surface area contributed by atoms with Gasteiger partial charge in [-0.1, -0.05) is 12.1 Å². The highest BCUT2D eigenvalue weighted by Gasteiger charge is 2.26. The van der Waals surface area contributed by atoms with Crippen LogP contribution in [0.15, 0.2) is 4.52 Å². The van der Waals surface area contributed by atoms with Crippen LogP contribution in [0.4, 0.5) is 0 Å². The number of nitrogens with zero attached hydrogens (tertiary/aromatic N) is 2. The highest BCUT2D eigenvalue weighted by molar-refractivity contribution is 4.97. The van der Waals surface area contributed by atoms with Gasteiger partial charge in [0.1, 0.15) is 5.60 Å². The van der Waals surface area contributed by atoms with Crippen molar-refractivity contribution in [2.24, 2.45) is 0 Å². The van der Waals surface area contributed by atoms with Crippen molar-refractivity contribution in [1.82, 2.24) is 15.5 Å². The second-order valence-corrected chi connectivity index (χ2v) is 4.72. The number of methoxy groups -OCH3 is 1. The smallest absolute Gasteiger partial charge is 0.226 e. The largest absolute Gasteiger partial charge is 0.371 e. The monoisotopic (exact) mass is 241 g/mol. The molecule has 0 aliphatic heterocycles. The molecule has 0 spiro atoms. The van der Waals surface area contributed by atoms with Crippen LogP contribution in [-0.2, 0) is 16.8 Å². The lowest BCUT2D eigenvalue weighted by molar-refractivity contribution is 0.00973. The quantitative estimate of drug-likeness (QED) is 0.789. The first-order valence-corrected chi connectivity index (χ1v) is 6.11. The first kappa shape index (κ1) is 14.1. The minimum absolute atomic E-state index is 0.464. The Balaban J connectivity index is 2.52. The Hall–Kier alpha value is -0.940. The molecule has 1 aromatic rings. The second-order valence-electron chi connectivity index (χ2n) is 4.72. The molecule has 0 radical (unpaired) electrons. The van der Waals surface area contributed by atoms with Gasteiger partial charge in [-0.2, -0.15) is 4.98 Å². The zero-order valence-electron chi connectivity index (χ0n) is 11.4. The van der Waals surface area contributed by atoms with E-state index in [0.29, 0.717) is 17.8 Å². The highest BCUT2D eigenvalue weighted by atomic mass is 16.5. The van der Waals surface area contributed by atoms with Crippen LogP contribution in [0.3, 0.4) is 0 Å². The van der Waals surface area contributed by atoms with Gasteiger partial charge in [0.15, 0.2) is 0 Å². The molecule has 0 fully saturated rings. The van der Waals surface area contributed by atoms with Crippen molar-refractivity contribution in [2.75, 3.05) is 13.7 Å². The van der Waals surface area contributed by atoms with E-state index in [1.807, 2.05) is 13.8 Å². The average Bonchev–Trinajstić information content (AvgIpc) is 2.76. The molecule has 1 atom stereocenters. The summed E-state index contributed by atoms with van der Waals surface area (Å²) in [6.07, 6.45) is 1.78. The molecule has 1 unspecified atom stereocenters. The van der Waals surface area contributed by atoms with Gasteiger partial charge in [-0.25, -0.2) is 0 Å². The Bertz CT molecular complexity index is 336. The number of rotatable bonds is 7. The third kappa shape index (κ3) is 4.09. The SMILES string of the molecule is CCNC(C)CCc1nc(C(C)(C)OC)no1. The number of hydrogen-bond acceptors (Lipinski definition) is 5. The van der Waals surface area contributed by atoms with E-state index in [1.54, 1.807) is 7.11 Å². The molecule has 0 aliphatic rings. The molecule has 1 heterocycles. The lowest BCUT2D eigenvalue weighted by atomic mass is 10.1. The number of aromatic nitrogens is 2. The van der Waals surface area contributed by atoms with Crippen LogP contribution in [-0.4, -0.2) is 29.8 Å². The molecule has 1 aromatic heterocycles.